The summed E-state index contributed by atoms with van der Waals surface area (Å²) in [6.45, 7) is 1.68. The first-order valence-electron chi connectivity index (χ1n) is 7.83. The third-order valence-electron chi connectivity index (χ3n) is 3.53. The highest BCUT2D eigenvalue weighted by molar-refractivity contribution is 9.10. The molecule has 0 saturated heterocycles. The van der Waals surface area contributed by atoms with Crippen molar-refractivity contribution in [1.29, 1.82) is 0 Å². The summed E-state index contributed by atoms with van der Waals surface area (Å²) in [4.78, 5) is 4.00. The van der Waals surface area contributed by atoms with Crippen LogP contribution >= 0.6 is 15.9 Å². The number of halogens is 3. The van der Waals surface area contributed by atoms with Crippen molar-refractivity contribution in [1.82, 2.24) is 20.0 Å². The minimum atomic E-state index is -3.73. The van der Waals surface area contributed by atoms with E-state index in [4.69, 9.17) is 0 Å². The fraction of sp³-hybridized carbons (Fsp3) is 0.188. The molecule has 0 aliphatic rings. The van der Waals surface area contributed by atoms with Gasteiger partial charge >= 0.3 is 0 Å². The second-order valence-corrected chi connectivity index (χ2v) is 8.38. The number of hydrogen-bond acceptors (Lipinski definition) is 5. The second-order valence-electron chi connectivity index (χ2n) is 5.62. The molecule has 1 N–H and O–H groups in total. The lowest BCUT2D eigenvalue weighted by atomic mass is 10.2. The number of aromatic nitrogens is 4. The topological polar surface area (TPSA) is 89.8 Å². The molecule has 0 aliphatic carbocycles. The highest BCUT2D eigenvalue weighted by Crippen LogP contribution is 2.27. The van der Waals surface area contributed by atoms with Crippen LogP contribution in [0.4, 0.5) is 14.5 Å². The number of hydrogen-bond donors (Lipinski definition) is 1. The van der Waals surface area contributed by atoms with Crippen LogP contribution in [0.3, 0.4) is 0 Å². The number of benzene rings is 1. The molecule has 0 aliphatic heterocycles. The van der Waals surface area contributed by atoms with E-state index >= 15 is 0 Å². The van der Waals surface area contributed by atoms with Crippen molar-refractivity contribution < 1.29 is 17.2 Å². The Labute approximate surface area is 162 Å². The van der Waals surface area contributed by atoms with Crippen LogP contribution in [0.25, 0.3) is 16.9 Å². The first-order valence-corrected chi connectivity index (χ1v) is 10.3. The minimum absolute atomic E-state index is 0.178. The maximum absolute atomic E-state index is 14.8. The Morgan fingerprint density at radius 2 is 2.04 bits per heavy atom. The van der Waals surface area contributed by atoms with E-state index in [1.807, 2.05) is 0 Å². The lowest BCUT2D eigenvalue weighted by molar-refractivity contribution is 0.558. The predicted molar refractivity (Wildman–Crippen MR) is 99.9 cm³/mol. The molecule has 2 heterocycles. The van der Waals surface area contributed by atoms with Gasteiger partial charge in [-0.1, -0.05) is 12.1 Å². The zero-order chi connectivity index (χ0) is 19.6. The SMILES string of the molecule is CCCS(=O)(=O)Nc1ccc(F)c(-n2cc(-c3cncc(Br)c3)nn2)c1F. The average Bonchev–Trinajstić information content (AvgIpc) is 3.07. The third-order valence-corrected chi connectivity index (χ3v) is 5.44. The van der Waals surface area contributed by atoms with Gasteiger partial charge in [-0.3, -0.25) is 9.71 Å². The summed E-state index contributed by atoms with van der Waals surface area (Å²) in [6, 6.07) is 3.71. The molecule has 7 nitrogen and oxygen atoms in total. The molecule has 0 spiro atoms. The number of rotatable bonds is 6. The summed E-state index contributed by atoms with van der Waals surface area (Å²) in [7, 11) is -3.73. The van der Waals surface area contributed by atoms with Crippen molar-refractivity contribution in [3.8, 4) is 16.9 Å². The van der Waals surface area contributed by atoms with E-state index in [9.17, 15) is 17.2 Å². The fourth-order valence-electron chi connectivity index (χ4n) is 2.37. The van der Waals surface area contributed by atoms with Crippen LogP contribution in [0.1, 0.15) is 13.3 Å². The monoisotopic (exact) mass is 457 g/mol. The van der Waals surface area contributed by atoms with E-state index < -0.39 is 27.3 Å². The lowest BCUT2D eigenvalue weighted by Crippen LogP contribution is -2.18. The first-order chi connectivity index (χ1) is 12.8. The predicted octanol–water partition coefficient (Wildman–Crippen LogP) is 3.52. The van der Waals surface area contributed by atoms with Gasteiger partial charge in [-0.05, 0) is 40.5 Å². The van der Waals surface area contributed by atoms with Crippen LogP contribution in [-0.2, 0) is 10.0 Å². The molecule has 0 bridgehead atoms. The fourth-order valence-corrected chi connectivity index (χ4v) is 3.87. The highest BCUT2D eigenvalue weighted by atomic mass is 79.9. The molecular weight excluding hydrogens is 444 g/mol. The van der Waals surface area contributed by atoms with E-state index in [-0.39, 0.29) is 11.4 Å². The van der Waals surface area contributed by atoms with E-state index in [1.165, 1.54) is 12.4 Å². The Bertz CT molecular complexity index is 1090. The smallest absolute Gasteiger partial charge is 0.232 e. The van der Waals surface area contributed by atoms with Crippen LogP contribution in [0.5, 0.6) is 0 Å². The number of nitrogens with one attached hydrogen (secondary N) is 1. The van der Waals surface area contributed by atoms with Crippen molar-refractivity contribution in [2.75, 3.05) is 10.5 Å². The Hall–Kier alpha value is -2.40. The number of sulfonamides is 1. The zero-order valence-electron chi connectivity index (χ0n) is 14.0. The normalized spacial score (nSPS) is 11.6. The van der Waals surface area contributed by atoms with E-state index in [1.54, 1.807) is 19.2 Å². The van der Waals surface area contributed by atoms with Crippen LogP contribution in [0.15, 0.2) is 41.3 Å². The van der Waals surface area contributed by atoms with Gasteiger partial charge < -0.3 is 0 Å². The molecule has 0 unspecified atom stereocenters. The molecule has 3 aromatic rings. The Kier molecular flexibility index (Phi) is 5.51. The molecule has 2 aromatic heterocycles. The summed E-state index contributed by atoms with van der Waals surface area (Å²) in [5.41, 5.74) is 0.0465. The van der Waals surface area contributed by atoms with E-state index in [2.05, 4.69) is 35.9 Å². The number of pyridine rings is 1. The largest absolute Gasteiger partial charge is 0.280 e. The van der Waals surface area contributed by atoms with Crippen molar-refractivity contribution >= 4 is 31.6 Å². The molecule has 0 amide bonds. The molecule has 27 heavy (non-hydrogen) atoms. The molecule has 0 fully saturated rings. The number of nitrogens with zero attached hydrogens (tertiary/aromatic N) is 4. The van der Waals surface area contributed by atoms with Gasteiger partial charge in [-0.15, -0.1) is 5.10 Å². The van der Waals surface area contributed by atoms with Crippen molar-refractivity contribution in [3.63, 3.8) is 0 Å². The van der Waals surface area contributed by atoms with Crippen molar-refractivity contribution in [2.24, 2.45) is 0 Å². The van der Waals surface area contributed by atoms with Gasteiger partial charge in [0.1, 0.15) is 11.4 Å². The zero-order valence-corrected chi connectivity index (χ0v) is 16.4. The quantitative estimate of drug-likeness (QED) is 0.611. The van der Waals surface area contributed by atoms with Crippen LogP contribution in [-0.4, -0.2) is 34.1 Å². The van der Waals surface area contributed by atoms with Crippen molar-refractivity contribution in [2.45, 2.75) is 13.3 Å². The van der Waals surface area contributed by atoms with Gasteiger partial charge in [0.25, 0.3) is 0 Å². The van der Waals surface area contributed by atoms with E-state index in [0.29, 0.717) is 22.2 Å². The third kappa shape index (κ3) is 4.30. The van der Waals surface area contributed by atoms with E-state index in [0.717, 1.165) is 16.8 Å². The lowest BCUT2D eigenvalue weighted by Gasteiger charge is -2.11. The summed E-state index contributed by atoms with van der Waals surface area (Å²) in [6.07, 6.45) is 4.80. The Morgan fingerprint density at radius 1 is 1.26 bits per heavy atom. The summed E-state index contributed by atoms with van der Waals surface area (Å²) >= 11 is 3.28. The van der Waals surface area contributed by atoms with Gasteiger partial charge in [0.15, 0.2) is 11.6 Å². The average molecular weight is 458 g/mol. The molecule has 1 aromatic carbocycles. The Balaban J connectivity index is 2.01. The summed E-state index contributed by atoms with van der Waals surface area (Å²) < 4.78 is 56.6. The molecule has 0 saturated carbocycles. The van der Waals surface area contributed by atoms with Gasteiger partial charge in [0.05, 0.1) is 17.6 Å². The van der Waals surface area contributed by atoms with Gasteiger partial charge in [0, 0.05) is 22.4 Å². The van der Waals surface area contributed by atoms with Gasteiger partial charge in [0.2, 0.25) is 10.0 Å². The maximum atomic E-state index is 14.8. The van der Waals surface area contributed by atoms with Crippen LogP contribution < -0.4 is 4.72 Å². The highest BCUT2D eigenvalue weighted by Gasteiger charge is 2.20. The second kappa shape index (κ2) is 7.69. The Morgan fingerprint density at radius 3 is 2.74 bits per heavy atom. The van der Waals surface area contributed by atoms with Crippen LogP contribution in [0.2, 0.25) is 0 Å². The summed E-state index contributed by atoms with van der Waals surface area (Å²) in [5, 5.41) is 7.65. The van der Waals surface area contributed by atoms with Gasteiger partial charge in [-0.25, -0.2) is 21.9 Å². The van der Waals surface area contributed by atoms with Crippen molar-refractivity contribution in [3.05, 3.63) is 52.9 Å². The standard InChI is InChI=1S/C16H14BrF2N5O2S/c1-2-5-27(25,26)22-13-4-3-12(18)16(15(13)19)24-9-14(21-23-24)10-6-11(17)8-20-7-10/h3-4,6-9,22H,2,5H2,1H3. The molecule has 11 heteroatoms. The summed E-state index contributed by atoms with van der Waals surface area (Å²) in [5.74, 6) is -2.17. The van der Waals surface area contributed by atoms with Gasteiger partial charge in [-0.2, -0.15) is 0 Å². The molecule has 0 atom stereocenters. The molecule has 142 valence electrons. The first kappa shape index (κ1) is 19.4. The molecule has 3 rings (SSSR count). The molecular formula is C16H14BrF2N5O2S. The maximum Gasteiger partial charge on any atom is 0.232 e. The minimum Gasteiger partial charge on any atom is -0.280 e. The number of anilines is 1. The molecule has 0 radical (unpaired) electrons. The van der Waals surface area contributed by atoms with Crippen LogP contribution in [0, 0.1) is 11.6 Å².